The fourth-order valence-corrected chi connectivity index (χ4v) is 2.20. The van der Waals surface area contributed by atoms with Gasteiger partial charge in [-0.1, -0.05) is 41.9 Å². The van der Waals surface area contributed by atoms with E-state index in [1.54, 1.807) is 30.3 Å². The van der Waals surface area contributed by atoms with Gasteiger partial charge in [-0.15, -0.1) is 0 Å². The zero-order valence-electron chi connectivity index (χ0n) is 12.9. The Labute approximate surface area is 142 Å². The summed E-state index contributed by atoms with van der Waals surface area (Å²) in [4.78, 5) is 25.8. The third-order valence-electron chi connectivity index (χ3n) is 3.22. The van der Waals surface area contributed by atoms with Crippen molar-refractivity contribution >= 4 is 23.5 Å². The van der Waals surface area contributed by atoms with Crippen molar-refractivity contribution in [3.63, 3.8) is 0 Å². The van der Waals surface area contributed by atoms with Crippen LogP contribution < -0.4 is 0 Å². The lowest BCUT2D eigenvalue weighted by molar-refractivity contribution is -0.138. The van der Waals surface area contributed by atoms with Gasteiger partial charge in [0.1, 0.15) is 0 Å². The zero-order valence-corrected chi connectivity index (χ0v) is 13.7. The molecule has 0 radical (unpaired) electrons. The normalized spacial score (nSPS) is 11.7. The quantitative estimate of drug-likeness (QED) is 0.623. The third-order valence-corrected chi connectivity index (χ3v) is 3.53. The third kappa shape index (κ3) is 3.89. The van der Waals surface area contributed by atoms with Crippen LogP contribution in [0.5, 0.6) is 0 Å². The van der Waals surface area contributed by atoms with Gasteiger partial charge in [0.2, 0.25) is 6.10 Å². The minimum Gasteiger partial charge on any atom is -0.444 e. The van der Waals surface area contributed by atoms with E-state index < -0.39 is 29.6 Å². The van der Waals surface area contributed by atoms with Crippen LogP contribution in [0.2, 0.25) is 5.02 Å². The van der Waals surface area contributed by atoms with Gasteiger partial charge < -0.3 is 9.64 Å². The number of likely N-dealkylation sites (N-methyl/N-ethyl adjacent to an activating group) is 1. The molecular weight excluding hydrogens is 340 g/mol. The van der Waals surface area contributed by atoms with Crippen LogP contribution in [-0.4, -0.2) is 30.9 Å². The molecule has 0 spiro atoms. The summed E-state index contributed by atoms with van der Waals surface area (Å²) >= 11 is 5.77. The molecule has 0 bridgehead atoms. The Morgan fingerprint density at radius 2 is 1.67 bits per heavy atom. The molecule has 126 valence electrons. The Bertz CT molecular complexity index is 766. The fourth-order valence-electron chi connectivity index (χ4n) is 1.97. The molecular formula is C17H14ClF2NO3. The average Bonchev–Trinajstić information content (AvgIpc) is 2.55. The van der Waals surface area contributed by atoms with E-state index in [9.17, 15) is 18.4 Å². The monoisotopic (exact) mass is 353 g/mol. The van der Waals surface area contributed by atoms with Gasteiger partial charge in [0.25, 0.3) is 5.91 Å². The second-order valence-electron chi connectivity index (χ2n) is 5.17. The minimum atomic E-state index is -1.23. The molecule has 0 unspecified atom stereocenters. The van der Waals surface area contributed by atoms with Gasteiger partial charge in [0, 0.05) is 19.7 Å². The number of rotatable bonds is 4. The molecule has 0 saturated heterocycles. The van der Waals surface area contributed by atoms with Crippen molar-refractivity contribution in [2.75, 3.05) is 14.1 Å². The first-order chi connectivity index (χ1) is 11.3. The number of nitrogens with zero attached hydrogens (tertiary/aromatic N) is 1. The van der Waals surface area contributed by atoms with Crippen molar-refractivity contribution in [3.05, 3.63) is 70.2 Å². The van der Waals surface area contributed by atoms with Crippen LogP contribution in [0.15, 0.2) is 42.5 Å². The molecule has 2 rings (SSSR count). The van der Waals surface area contributed by atoms with Crippen LogP contribution in [-0.2, 0) is 9.53 Å². The Kier molecular flexibility index (Phi) is 5.51. The Hall–Kier alpha value is -2.47. The van der Waals surface area contributed by atoms with E-state index in [0.29, 0.717) is 17.7 Å². The highest BCUT2D eigenvalue weighted by Crippen LogP contribution is 2.25. The van der Waals surface area contributed by atoms with Gasteiger partial charge in [-0.3, -0.25) is 4.79 Å². The first-order valence-electron chi connectivity index (χ1n) is 6.93. The SMILES string of the molecule is CN(C)C(=O)[C@@H](OC(=O)c1cc(F)c(F)cc1Cl)c1ccccc1. The van der Waals surface area contributed by atoms with Crippen LogP contribution in [0.3, 0.4) is 0 Å². The average molecular weight is 354 g/mol. The van der Waals surface area contributed by atoms with E-state index in [2.05, 4.69) is 0 Å². The molecule has 0 aromatic heterocycles. The van der Waals surface area contributed by atoms with Crippen LogP contribution in [0.25, 0.3) is 0 Å². The highest BCUT2D eigenvalue weighted by Gasteiger charge is 2.28. The smallest absolute Gasteiger partial charge is 0.340 e. The molecule has 4 nitrogen and oxygen atoms in total. The summed E-state index contributed by atoms with van der Waals surface area (Å²) in [5, 5.41) is -0.303. The molecule has 0 N–H and O–H groups in total. The molecule has 7 heteroatoms. The van der Waals surface area contributed by atoms with Gasteiger partial charge in [-0.2, -0.15) is 0 Å². The molecule has 0 saturated carbocycles. The van der Waals surface area contributed by atoms with Crippen molar-refractivity contribution in [1.29, 1.82) is 0 Å². The van der Waals surface area contributed by atoms with Crippen LogP contribution in [0, 0.1) is 11.6 Å². The van der Waals surface area contributed by atoms with E-state index in [0.717, 1.165) is 0 Å². The number of benzene rings is 2. The Balaban J connectivity index is 2.35. The van der Waals surface area contributed by atoms with Crippen molar-refractivity contribution in [2.24, 2.45) is 0 Å². The van der Waals surface area contributed by atoms with Crippen LogP contribution >= 0.6 is 11.6 Å². The van der Waals surface area contributed by atoms with Crippen molar-refractivity contribution < 1.29 is 23.1 Å². The number of carbonyl (C=O) groups is 2. The van der Waals surface area contributed by atoms with Gasteiger partial charge in [-0.25, -0.2) is 13.6 Å². The highest BCUT2D eigenvalue weighted by atomic mass is 35.5. The summed E-state index contributed by atoms with van der Waals surface area (Å²) in [6.45, 7) is 0. The molecule has 0 aliphatic heterocycles. The molecule has 2 aromatic carbocycles. The van der Waals surface area contributed by atoms with Gasteiger partial charge >= 0.3 is 5.97 Å². The van der Waals surface area contributed by atoms with Crippen LogP contribution in [0.1, 0.15) is 22.0 Å². The van der Waals surface area contributed by atoms with Crippen LogP contribution in [0.4, 0.5) is 8.78 Å². The van der Waals surface area contributed by atoms with Gasteiger partial charge in [0.05, 0.1) is 10.6 Å². The summed E-state index contributed by atoms with van der Waals surface area (Å²) in [5.41, 5.74) is 0.0892. The maximum atomic E-state index is 13.4. The Morgan fingerprint density at radius 3 is 2.25 bits per heavy atom. The number of esters is 1. The van der Waals surface area contributed by atoms with E-state index in [1.165, 1.54) is 19.0 Å². The molecule has 0 fully saturated rings. The van der Waals surface area contributed by atoms with E-state index in [1.807, 2.05) is 0 Å². The van der Waals surface area contributed by atoms with Crippen molar-refractivity contribution in [1.82, 2.24) is 4.90 Å². The second kappa shape index (κ2) is 7.40. The number of halogens is 3. The first-order valence-corrected chi connectivity index (χ1v) is 7.30. The molecule has 0 aliphatic carbocycles. The minimum absolute atomic E-state index is 0.303. The van der Waals surface area contributed by atoms with Gasteiger partial charge in [-0.05, 0) is 12.1 Å². The summed E-state index contributed by atoms with van der Waals surface area (Å²) in [7, 11) is 3.02. The summed E-state index contributed by atoms with van der Waals surface area (Å²) in [6.07, 6.45) is -1.22. The van der Waals surface area contributed by atoms with E-state index >= 15 is 0 Å². The zero-order chi connectivity index (χ0) is 17.9. The Morgan fingerprint density at radius 1 is 1.08 bits per heavy atom. The lowest BCUT2D eigenvalue weighted by Gasteiger charge is -2.21. The standard InChI is InChI=1S/C17H14ClF2NO3/c1-21(2)16(22)15(10-6-4-3-5-7-10)24-17(23)11-8-13(19)14(20)9-12(11)18/h3-9,15H,1-2H3/t15-/m0/s1. The summed E-state index contributed by atoms with van der Waals surface area (Å²) in [5.74, 6) is -3.92. The predicted molar refractivity (Wildman–Crippen MR) is 84.7 cm³/mol. The lowest BCUT2D eigenvalue weighted by atomic mass is 10.1. The van der Waals surface area contributed by atoms with Gasteiger partial charge in [0.15, 0.2) is 11.6 Å². The maximum absolute atomic E-state index is 13.4. The summed E-state index contributed by atoms with van der Waals surface area (Å²) < 4.78 is 31.7. The maximum Gasteiger partial charge on any atom is 0.340 e. The number of amides is 1. The number of ether oxygens (including phenoxy) is 1. The van der Waals surface area contributed by atoms with Crippen molar-refractivity contribution in [3.8, 4) is 0 Å². The largest absolute Gasteiger partial charge is 0.444 e. The highest BCUT2D eigenvalue weighted by molar-refractivity contribution is 6.33. The molecule has 0 aliphatic rings. The molecule has 2 aromatic rings. The molecule has 0 heterocycles. The number of carbonyl (C=O) groups excluding carboxylic acids is 2. The second-order valence-corrected chi connectivity index (χ2v) is 5.58. The van der Waals surface area contributed by atoms with Crippen molar-refractivity contribution in [2.45, 2.75) is 6.10 Å². The first kappa shape index (κ1) is 17.9. The molecule has 24 heavy (non-hydrogen) atoms. The van der Waals surface area contributed by atoms with E-state index in [4.69, 9.17) is 16.3 Å². The summed E-state index contributed by atoms with van der Waals surface area (Å²) in [6, 6.07) is 9.67. The topological polar surface area (TPSA) is 46.6 Å². The molecule has 1 atom stereocenters. The number of hydrogen-bond donors (Lipinski definition) is 0. The lowest BCUT2D eigenvalue weighted by Crippen LogP contribution is -2.31. The predicted octanol–water partition coefficient (Wildman–Crippen LogP) is 3.60. The van der Waals surface area contributed by atoms with E-state index in [-0.39, 0.29) is 10.6 Å². The fraction of sp³-hybridized carbons (Fsp3) is 0.176. The molecule has 1 amide bonds. The number of hydrogen-bond acceptors (Lipinski definition) is 3.